The number of hydrogen-bond donors (Lipinski definition) is 1. The highest BCUT2D eigenvalue weighted by Crippen LogP contribution is 2.27. The first-order valence-corrected chi connectivity index (χ1v) is 6.95. The fourth-order valence-corrected chi connectivity index (χ4v) is 2.69. The van der Waals surface area contributed by atoms with Crippen molar-refractivity contribution >= 4 is 11.7 Å². The van der Waals surface area contributed by atoms with Crippen LogP contribution >= 0.6 is 0 Å². The Hall–Kier alpha value is -2.16. The van der Waals surface area contributed by atoms with E-state index in [1.807, 2.05) is 18.7 Å². The number of nitriles is 1. The number of rotatable bonds is 4. The molecule has 20 heavy (non-hydrogen) atoms. The monoisotopic (exact) mass is 273 g/mol. The molecule has 1 unspecified atom stereocenters. The van der Waals surface area contributed by atoms with Crippen molar-refractivity contribution in [3.05, 3.63) is 16.8 Å². The lowest BCUT2D eigenvalue weighted by Gasteiger charge is -2.19. The number of aryl methyl sites for hydroxylation is 1. The van der Waals surface area contributed by atoms with Crippen LogP contribution in [0.5, 0.6) is 0 Å². The van der Waals surface area contributed by atoms with Gasteiger partial charge in [0.15, 0.2) is 5.82 Å². The van der Waals surface area contributed by atoms with E-state index in [-0.39, 0.29) is 11.8 Å². The van der Waals surface area contributed by atoms with Crippen LogP contribution in [-0.4, -0.2) is 29.2 Å². The molecule has 1 atom stereocenters. The van der Waals surface area contributed by atoms with E-state index in [1.54, 1.807) is 0 Å². The Bertz CT molecular complexity index is 563. The van der Waals surface area contributed by atoms with Crippen molar-refractivity contribution in [3.8, 4) is 6.07 Å². The fraction of sp³-hybridized carbons (Fsp3) is 0.571. The van der Waals surface area contributed by atoms with Crippen LogP contribution in [0.1, 0.15) is 37.1 Å². The van der Waals surface area contributed by atoms with Gasteiger partial charge in [-0.1, -0.05) is 13.8 Å². The summed E-state index contributed by atoms with van der Waals surface area (Å²) in [4.78, 5) is 13.2. The second-order valence-electron chi connectivity index (χ2n) is 4.98. The van der Waals surface area contributed by atoms with Gasteiger partial charge in [-0.3, -0.25) is 4.79 Å². The van der Waals surface area contributed by atoms with E-state index >= 15 is 0 Å². The normalized spacial score (nSPS) is 18.1. The van der Waals surface area contributed by atoms with Crippen molar-refractivity contribution in [3.63, 3.8) is 0 Å². The minimum atomic E-state index is -0.292. The predicted octanol–water partition coefficient (Wildman–Crippen LogP) is 0.785. The Morgan fingerprint density at radius 2 is 2.20 bits per heavy atom. The minimum Gasteiger partial charge on any atom is -0.369 e. The van der Waals surface area contributed by atoms with Crippen molar-refractivity contribution in [2.45, 2.75) is 33.1 Å². The molecule has 0 aliphatic carbocycles. The third-order valence-corrected chi connectivity index (χ3v) is 3.83. The highest BCUT2D eigenvalue weighted by atomic mass is 16.1. The number of aromatic nitrogens is 2. The molecule has 106 valence electrons. The molecule has 0 aromatic carbocycles. The van der Waals surface area contributed by atoms with Crippen molar-refractivity contribution in [1.29, 1.82) is 5.26 Å². The lowest BCUT2D eigenvalue weighted by Crippen LogP contribution is -2.28. The van der Waals surface area contributed by atoms with Gasteiger partial charge in [0.25, 0.3) is 0 Å². The maximum atomic E-state index is 11.3. The van der Waals surface area contributed by atoms with Crippen LogP contribution in [0.15, 0.2) is 0 Å². The standard InChI is InChI=1S/C14H19N5O/c1-3-10-11(7-15)14(18-17-12(10)4-2)19-6-5-9(8-19)13(16)20/h9H,3-6,8H2,1-2H3,(H2,16,20). The van der Waals surface area contributed by atoms with E-state index in [1.165, 1.54) is 0 Å². The number of carbonyl (C=O) groups excluding carboxylic acids is 1. The van der Waals surface area contributed by atoms with E-state index in [4.69, 9.17) is 5.73 Å². The van der Waals surface area contributed by atoms with E-state index in [0.717, 1.165) is 24.1 Å². The van der Waals surface area contributed by atoms with Gasteiger partial charge in [-0.25, -0.2) is 0 Å². The summed E-state index contributed by atoms with van der Waals surface area (Å²) in [6, 6.07) is 2.25. The van der Waals surface area contributed by atoms with Crippen LogP contribution in [0.4, 0.5) is 5.82 Å². The summed E-state index contributed by atoms with van der Waals surface area (Å²) in [5, 5.41) is 17.9. The zero-order valence-electron chi connectivity index (χ0n) is 11.9. The summed E-state index contributed by atoms with van der Waals surface area (Å²) >= 11 is 0. The maximum Gasteiger partial charge on any atom is 0.222 e. The molecule has 2 N–H and O–H groups in total. The zero-order valence-corrected chi connectivity index (χ0v) is 11.9. The van der Waals surface area contributed by atoms with Gasteiger partial charge in [-0.2, -0.15) is 10.4 Å². The second kappa shape index (κ2) is 5.87. The fourth-order valence-electron chi connectivity index (χ4n) is 2.69. The SMILES string of the molecule is CCc1nnc(N2CCC(C(N)=O)C2)c(C#N)c1CC. The van der Waals surface area contributed by atoms with E-state index in [9.17, 15) is 10.1 Å². The van der Waals surface area contributed by atoms with Gasteiger partial charge < -0.3 is 10.6 Å². The second-order valence-corrected chi connectivity index (χ2v) is 4.98. The number of nitrogens with zero attached hydrogens (tertiary/aromatic N) is 4. The highest BCUT2D eigenvalue weighted by Gasteiger charge is 2.30. The van der Waals surface area contributed by atoms with Crippen LogP contribution in [0.3, 0.4) is 0 Å². The van der Waals surface area contributed by atoms with Crippen molar-refractivity contribution in [1.82, 2.24) is 10.2 Å². The molecule has 1 aromatic rings. The largest absolute Gasteiger partial charge is 0.369 e. The Morgan fingerprint density at radius 1 is 1.45 bits per heavy atom. The molecule has 2 heterocycles. The number of nitrogens with two attached hydrogens (primary N) is 1. The number of hydrogen-bond acceptors (Lipinski definition) is 5. The summed E-state index contributed by atoms with van der Waals surface area (Å²) in [5.74, 6) is 0.129. The zero-order chi connectivity index (χ0) is 14.7. The van der Waals surface area contributed by atoms with Gasteiger partial charge in [0.05, 0.1) is 11.6 Å². The van der Waals surface area contributed by atoms with Crippen molar-refractivity contribution < 1.29 is 4.79 Å². The van der Waals surface area contributed by atoms with Crippen molar-refractivity contribution in [2.24, 2.45) is 11.7 Å². The summed E-state index contributed by atoms with van der Waals surface area (Å²) in [7, 11) is 0. The third kappa shape index (κ3) is 2.44. The van der Waals surface area contributed by atoms with Gasteiger partial charge >= 0.3 is 0 Å². The molecular weight excluding hydrogens is 254 g/mol. The average molecular weight is 273 g/mol. The van der Waals surface area contributed by atoms with Gasteiger partial charge in [0, 0.05) is 13.1 Å². The predicted molar refractivity (Wildman–Crippen MR) is 75.0 cm³/mol. The summed E-state index contributed by atoms with van der Waals surface area (Å²) < 4.78 is 0. The topological polar surface area (TPSA) is 95.9 Å². The Balaban J connectivity index is 2.38. The van der Waals surface area contributed by atoms with Crippen LogP contribution in [-0.2, 0) is 17.6 Å². The lowest BCUT2D eigenvalue weighted by molar-refractivity contribution is -0.121. The summed E-state index contributed by atoms with van der Waals surface area (Å²) in [6.07, 6.45) is 2.22. The molecule has 0 bridgehead atoms. The molecule has 0 spiro atoms. The maximum absolute atomic E-state index is 11.3. The van der Waals surface area contributed by atoms with E-state index < -0.39 is 0 Å². The summed E-state index contributed by atoms with van der Waals surface area (Å²) in [5.41, 5.74) is 7.77. The quantitative estimate of drug-likeness (QED) is 0.874. The number of amides is 1. The Labute approximate surface area is 118 Å². The van der Waals surface area contributed by atoms with Gasteiger partial charge in [0.1, 0.15) is 11.6 Å². The third-order valence-electron chi connectivity index (χ3n) is 3.83. The molecule has 6 nitrogen and oxygen atoms in total. The molecule has 1 amide bonds. The van der Waals surface area contributed by atoms with Crippen LogP contribution in [0, 0.1) is 17.2 Å². The average Bonchev–Trinajstić information content (AvgIpc) is 2.95. The van der Waals surface area contributed by atoms with Gasteiger partial charge in [-0.15, -0.1) is 5.10 Å². The molecule has 0 saturated carbocycles. The molecule has 1 fully saturated rings. The molecule has 1 aliphatic heterocycles. The highest BCUT2D eigenvalue weighted by molar-refractivity contribution is 5.78. The van der Waals surface area contributed by atoms with E-state index in [2.05, 4.69) is 16.3 Å². The van der Waals surface area contributed by atoms with Crippen molar-refractivity contribution in [2.75, 3.05) is 18.0 Å². The summed E-state index contributed by atoms with van der Waals surface area (Å²) in [6.45, 7) is 5.22. The minimum absolute atomic E-state index is 0.167. The van der Waals surface area contributed by atoms with Crippen LogP contribution in [0.25, 0.3) is 0 Å². The first-order valence-electron chi connectivity index (χ1n) is 6.95. The van der Waals surface area contributed by atoms with Gasteiger partial charge in [0.2, 0.25) is 5.91 Å². The first kappa shape index (κ1) is 14.3. The Morgan fingerprint density at radius 3 is 2.70 bits per heavy atom. The lowest BCUT2D eigenvalue weighted by atomic mass is 10.0. The van der Waals surface area contributed by atoms with E-state index in [0.29, 0.717) is 30.9 Å². The molecule has 2 rings (SSSR count). The number of carbonyl (C=O) groups is 1. The van der Waals surface area contributed by atoms with Gasteiger partial charge in [-0.05, 0) is 24.8 Å². The first-order chi connectivity index (χ1) is 9.62. The van der Waals surface area contributed by atoms with Crippen LogP contribution in [0.2, 0.25) is 0 Å². The number of primary amides is 1. The Kier molecular flexibility index (Phi) is 4.18. The molecular formula is C14H19N5O. The number of anilines is 1. The molecule has 1 saturated heterocycles. The molecule has 0 radical (unpaired) electrons. The van der Waals surface area contributed by atoms with Crippen LogP contribution < -0.4 is 10.6 Å². The molecule has 6 heteroatoms. The molecule has 1 aromatic heterocycles. The smallest absolute Gasteiger partial charge is 0.222 e. The molecule has 1 aliphatic rings.